The summed E-state index contributed by atoms with van der Waals surface area (Å²) in [6.45, 7) is 4.73. The van der Waals surface area contributed by atoms with Crippen molar-refractivity contribution in [2.45, 2.75) is 146 Å². The molecule has 9 heteroatoms. The summed E-state index contributed by atoms with van der Waals surface area (Å²) in [4.78, 5) is 12.6. The molecule has 0 saturated carbocycles. The molecule has 1 unspecified atom stereocenters. The minimum absolute atomic E-state index is 0.00751. The van der Waals surface area contributed by atoms with E-state index in [2.05, 4.69) is 71.0 Å². The van der Waals surface area contributed by atoms with Gasteiger partial charge in [0.2, 0.25) is 5.91 Å². The number of rotatable bonds is 23. The summed E-state index contributed by atoms with van der Waals surface area (Å²) in [5.41, 5.74) is 5.01. The van der Waals surface area contributed by atoms with Gasteiger partial charge >= 0.3 is 0 Å². The largest absolute Gasteiger partial charge is 0.392 e. The van der Waals surface area contributed by atoms with Crippen molar-refractivity contribution in [3.8, 4) is 0 Å². The van der Waals surface area contributed by atoms with Crippen LogP contribution in [0.2, 0.25) is 0 Å². The summed E-state index contributed by atoms with van der Waals surface area (Å²) in [7, 11) is 0. The number of amides is 1. The first kappa shape index (κ1) is 41.1. The molecule has 2 heterocycles. The summed E-state index contributed by atoms with van der Waals surface area (Å²) < 4.78 is 14.6. The Labute approximate surface area is 325 Å². The number of benzene rings is 3. The highest BCUT2D eigenvalue weighted by Gasteiger charge is 2.42. The predicted molar refractivity (Wildman–Crippen MR) is 217 cm³/mol. The van der Waals surface area contributed by atoms with Crippen molar-refractivity contribution in [3.63, 3.8) is 0 Å². The average Bonchev–Trinajstić information content (AvgIpc) is 3.62. The Morgan fingerprint density at radius 2 is 1.34 bits per heavy atom. The van der Waals surface area contributed by atoms with E-state index >= 15 is 0 Å². The summed E-state index contributed by atoms with van der Waals surface area (Å²) in [5.74, 6) is 0.727. The lowest BCUT2D eigenvalue weighted by Crippen LogP contribution is -2.38. The number of carbonyl (C=O) groups excluding carboxylic acids is 1. The van der Waals surface area contributed by atoms with Gasteiger partial charge in [0.1, 0.15) is 5.01 Å². The third kappa shape index (κ3) is 13.6. The van der Waals surface area contributed by atoms with Gasteiger partial charge in [-0.15, -0.1) is 10.2 Å². The van der Waals surface area contributed by atoms with Gasteiger partial charge in [0, 0.05) is 30.2 Å². The molecule has 0 bridgehead atoms. The SMILES string of the molecule is CCCCCCCCCCCCCCCC(=O)NCc1ccc(C2O[C@H](CSc3nnc(C)s3)[C@@H](c3ccccc3)[C@H](c3ccc(CO)cc3)O2)cc1. The highest BCUT2D eigenvalue weighted by molar-refractivity contribution is 8.01. The van der Waals surface area contributed by atoms with E-state index in [1.54, 1.807) is 23.1 Å². The normalized spacial score (nSPS) is 18.6. The number of hydrogen-bond acceptors (Lipinski definition) is 8. The van der Waals surface area contributed by atoms with Crippen LogP contribution in [0.3, 0.4) is 0 Å². The van der Waals surface area contributed by atoms with Crippen molar-refractivity contribution in [2.24, 2.45) is 0 Å². The van der Waals surface area contributed by atoms with Crippen LogP contribution in [0.1, 0.15) is 148 Å². The van der Waals surface area contributed by atoms with Gasteiger partial charge in [-0.05, 0) is 35.6 Å². The number of aromatic nitrogens is 2. The Balaban J connectivity index is 1.13. The Kier molecular flexibility index (Phi) is 17.8. The van der Waals surface area contributed by atoms with Crippen LogP contribution < -0.4 is 5.32 Å². The fourth-order valence-corrected chi connectivity index (χ4v) is 8.94. The molecule has 4 atom stereocenters. The van der Waals surface area contributed by atoms with Gasteiger partial charge in [-0.2, -0.15) is 0 Å². The molecule has 1 aliphatic rings. The molecule has 286 valence electrons. The van der Waals surface area contributed by atoms with Crippen molar-refractivity contribution in [1.29, 1.82) is 0 Å². The van der Waals surface area contributed by atoms with Crippen molar-refractivity contribution < 1.29 is 19.4 Å². The molecule has 0 radical (unpaired) electrons. The molecule has 1 fully saturated rings. The van der Waals surface area contributed by atoms with E-state index in [0.717, 1.165) is 50.0 Å². The van der Waals surface area contributed by atoms with Gasteiger partial charge in [0.25, 0.3) is 0 Å². The smallest absolute Gasteiger partial charge is 0.220 e. The van der Waals surface area contributed by atoms with Crippen LogP contribution in [0.15, 0.2) is 83.2 Å². The Morgan fingerprint density at radius 3 is 1.94 bits per heavy atom. The second-order valence-corrected chi connectivity index (χ2v) is 16.8. The van der Waals surface area contributed by atoms with E-state index in [-0.39, 0.29) is 30.6 Å². The number of nitrogens with zero attached hydrogens (tertiary/aromatic N) is 2. The topological polar surface area (TPSA) is 93.6 Å². The number of unbranched alkanes of at least 4 members (excludes halogenated alkanes) is 12. The fraction of sp³-hybridized carbons (Fsp3) is 0.523. The van der Waals surface area contributed by atoms with Gasteiger partial charge in [0.05, 0.1) is 18.8 Å². The van der Waals surface area contributed by atoms with Crippen molar-refractivity contribution >= 4 is 29.0 Å². The zero-order valence-corrected chi connectivity index (χ0v) is 33.4. The van der Waals surface area contributed by atoms with Crippen LogP contribution in [0, 0.1) is 6.92 Å². The number of hydrogen-bond donors (Lipinski definition) is 2. The maximum Gasteiger partial charge on any atom is 0.220 e. The molecule has 5 rings (SSSR count). The number of aliphatic hydroxyl groups excluding tert-OH is 1. The van der Waals surface area contributed by atoms with E-state index in [4.69, 9.17) is 9.47 Å². The van der Waals surface area contributed by atoms with Crippen molar-refractivity contribution in [3.05, 3.63) is 112 Å². The molecule has 1 amide bonds. The molecule has 0 aliphatic carbocycles. The van der Waals surface area contributed by atoms with Gasteiger partial charge in [-0.25, -0.2) is 0 Å². The van der Waals surface area contributed by atoms with Gasteiger partial charge in [-0.1, -0.05) is 186 Å². The molecule has 0 spiro atoms. The number of carbonyl (C=O) groups is 1. The minimum Gasteiger partial charge on any atom is -0.392 e. The maximum atomic E-state index is 12.6. The molecular weight excluding hydrogens is 699 g/mol. The zero-order chi connectivity index (χ0) is 37.1. The van der Waals surface area contributed by atoms with Gasteiger partial charge in [-0.3, -0.25) is 4.79 Å². The predicted octanol–water partition coefficient (Wildman–Crippen LogP) is 11.2. The van der Waals surface area contributed by atoms with Crippen LogP contribution in [-0.4, -0.2) is 33.1 Å². The first-order valence-corrected chi connectivity index (χ1v) is 21.7. The lowest BCUT2D eigenvalue weighted by Gasteiger charge is -2.43. The lowest BCUT2D eigenvalue weighted by atomic mass is 9.84. The molecule has 4 aromatic rings. The molecular formula is C44H59N3O4S2. The third-order valence-electron chi connectivity index (χ3n) is 10.1. The maximum absolute atomic E-state index is 12.6. The molecule has 7 nitrogen and oxygen atoms in total. The fourth-order valence-electron chi connectivity index (χ4n) is 7.03. The lowest BCUT2D eigenvalue weighted by molar-refractivity contribution is -0.255. The summed E-state index contributed by atoms with van der Waals surface area (Å²) in [5, 5.41) is 22.3. The van der Waals surface area contributed by atoms with Crippen LogP contribution in [0.25, 0.3) is 0 Å². The zero-order valence-electron chi connectivity index (χ0n) is 31.7. The van der Waals surface area contributed by atoms with Crippen LogP contribution >= 0.6 is 23.1 Å². The quantitative estimate of drug-likeness (QED) is 0.0575. The van der Waals surface area contributed by atoms with Crippen LogP contribution in [0.4, 0.5) is 0 Å². The second-order valence-electron chi connectivity index (χ2n) is 14.3. The number of aliphatic hydroxyl groups is 1. The number of aryl methyl sites for hydroxylation is 1. The highest BCUT2D eigenvalue weighted by Crippen LogP contribution is 2.48. The van der Waals surface area contributed by atoms with E-state index in [9.17, 15) is 9.90 Å². The summed E-state index contributed by atoms with van der Waals surface area (Å²) in [6, 6.07) is 26.6. The van der Waals surface area contributed by atoms with E-state index < -0.39 is 6.29 Å². The molecule has 2 N–H and O–H groups in total. The monoisotopic (exact) mass is 757 g/mol. The van der Waals surface area contributed by atoms with Gasteiger partial charge < -0.3 is 19.9 Å². The molecule has 1 aromatic heterocycles. The number of nitrogens with one attached hydrogen (secondary N) is 1. The van der Waals surface area contributed by atoms with Crippen molar-refractivity contribution in [1.82, 2.24) is 15.5 Å². The van der Waals surface area contributed by atoms with E-state index in [1.165, 1.54) is 70.6 Å². The number of thioether (sulfide) groups is 1. The first-order chi connectivity index (χ1) is 26.0. The average molecular weight is 758 g/mol. The van der Waals surface area contributed by atoms with Gasteiger partial charge in [0.15, 0.2) is 10.6 Å². The molecule has 1 aliphatic heterocycles. The Hall–Kier alpha value is -3.08. The standard InChI is InChI=1S/C44H59N3O4S2/c1-3-4-5-6-7-8-9-10-11-12-13-14-18-21-40(49)45-30-34-22-28-38(29-23-34)43-50-39(32-52-44-47-46-33(2)53-44)41(36-19-16-15-17-20-36)42(51-43)37-26-24-35(31-48)25-27-37/h15-17,19-20,22-29,39,41-43,48H,3-14,18,21,30-32H2,1-2H3,(H,45,49)/t39-,41-,42+,43?/m1/s1. The molecule has 53 heavy (non-hydrogen) atoms. The Bertz CT molecular complexity index is 1600. The van der Waals surface area contributed by atoms with Crippen LogP contribution in [-0.2, 0) is 27.4 Å². The first-order valence-electron chi connectivity index (χ1n) is 19.9. The van der Waals surface area contributed by atoms with Crippen molar-refractivity contribution in [2.75, 3.05) is 5.75 Å². The molecule has 1 saturated heterocycles. The van der Waals surface area contributed by atoms with E-state index in [1.807, 2.05) is 37.3 Å². The molecule has 3 aromatic carbocycles. The Morgan fingerprint density at radius 1 is 0.736 bits per heavy atom. The highest BCUT2D eigenvalue weighted by atomic mass is 32.2. The number of ether oxygens (including phenoxy) is 2. The minimum atomic E-state index is -0.585. The van der Waals surface area contributed by atoms with Crippen LogP contribution in [0.5, 0.6) is 0 Å². The summed E-state index contributed by atoms with van der Waals surface area (Å²) >= 11 is 3.26. The van der Waals surface area contributed by atoms with E-state index in [0.29, 0.717) is 18.7 Å². The second kappa shape index (κ2) is 23.0. The third-order valence-corrected chi connectivity index (χ3v) is 12.2. The summed E-state index contributed by atoms with van der Waals surface area (Å²) in [6.07, 6.45) is 16.4.